The van der Waals surface area contributed by atoms with Gasteiger partial charge >= 0.3 is 6.03 Å². The van der Waals surface area contributed by atoms with Crippen LogP contribution in [0.3, 0.4) is 0 Å². The number of ether oxygens (including phenoxy) is 3. The zero-order valence-corrected chi connectivity index (χ0v) is 26.3. The highest BCUT2D eigenvalue weighted by Gasteiger charge is 2.32. The van der Waals surface area contributed by atoms with Crippen molar-refractivity contribution in [1.29, 1.82) is 0 Å². The quantitative estimate of drug-likeness (QED) is 0.197. The summed E-state index contributed by atoms with van der Waals surface area (Å²) in [6.45, 7) is 0.659. The van der Waals surface area contributed by atoms with Gasteiger partial charge in [-0.2, -0.15) is 0 Å². The van der Waals surface area contributed by atoms with E-state index in [1.807, 2.05) is 0 Å². The number of carbonyl (C=O) groups excluding carboxylic acids is 2. The molecule has 0 bridgehead atoms. The second-order valence-corrected chi connectivity index (χ2v) is 11.3. The number of imide groups is 1. The molecule has 0 aliphatic carbocycles. The van der Waals surface area contributed by atoms with Gasteiger partial charge in [0, 0.05) is 27.7 Å². The van der Waals surface area contributed by atoms with E-state index in [9.17, 15) is 18.4 Å². The highest BCUT2D eigenvalue weighted by Crippen LogP contribution is 2.34. The number of alkyl halides is 2. The number of urea groups is 1. The molecule has 0 radical (unpaired) electrons. The van der Waals surface area contributed by atoms with Gasteiger partial charge in [-0.25, -0.2) is 18.0 Å². The number of anilines is 1. The molecule has 1 aliphatic heterocycles. The molecule has 242 valence electrons. The Morgan fingerprint density at radius 3 is 2.42 bits per heavy atom. The Labute approximate surface area is 269 Å². The van der Waals surface area contributed by atoms with Crippen molar-refractivity contribution in [3.05, 3.63) is 81.1 Å². The lowest BCUT2D eigenvalue weighted by molar-refractivity contribution is -0.116. The molecule has 4 rings (SSSR count). The molecule has 0 aromatic heterocycles. The standard InChI is InChI=1S/C32H34Cl2F3N3O5/c1-20-11-30(45-25(15-35)16-36)27(37)14-28(20)40(24-7-9-38-10-8-24)32(42)39(19-41)17-21-3-6-29(31(12-21)43-2)44-18-22-4-5-23(33)13-26(22)34/h3-6,11-14,19,24-25,38H,7-10,15-18H2,1-2H3. The van der Waals surface area contributed by atoms with E-state index in [1.165, 1.54) is 18.1 Å². The molecular formula is C32H34Cl2F3N3O5. The highest BCUT2D eigenvalue weighted by atomic mass is 35.5. The molecule has 1 heterocycles. The van der Waals surface area contributed by atoms with Gasteiger partial charge in [-0.05, 0) is 74.3 Å². The van der Waals surface area contributed by atoms with E-state index in [-0.39, 0.29) is 30.6 Å². The summed E-state index contributed by atoms with van der Waals surface area (Å²) in [6, 6.07) is 11.5. The maximum Gasteiger partial charge on any atom is 0.331 e. The molecule has 3 aromatic rings. The molecular weight excluding hydrogens is 634 g/mol. The van der Waals surface area contributed by atoms with Crippen LogP contribution in [0.2, 0.25) is 10.0 Å². The Bertz CT molecular complexity index is 1490. The average Bonchev–Trinajstić information content (AvgIpc) is 3.04. The Morgan fingerprint density at radius 1 is 1.04 bits per heavy atom. The lowest BCUT2D eigenvalue weighted by Crippen LogP contribution is -2.51. The molecule has 3 aromatic carbocycles. The van der Waals surface area contributed by atoms with Crippen LogP contribution in [0.1, 0.15) is 29.5 Å². The van der Waals surface area contributed by atoms with Crippen molar-refractivity contribution in [1.82, 2.24) is 10.2 Å². The number of nitrogens with one attached hydrogen (secondary N) is 1. The first-order chi connectivity index (χ1) is 21.7. The zero-order valence-electron chi connectivity index (χ0n) is 24.8. The van der Waals surface area contributed by atoms with Gasteiger partial charge in [0.2, 0.25) is 6.41 Å². The molecule has 1 N–H and O–H groups in total. The molecule has 3 amide bonds. The highest BCUT2D eigenvalue weighted by molar-refractivity contribution is 6.35. The maximum absolute atomic E-state index is 15.2. The van der Waals surface area contributed by atoms with E-state index in [2.05, 4.69) is 5.32 Å². The minimum absolute atomic E-state index is 0.110. The second kappa shape index (κ2) is 16.1. The molecule has 1 aliphatic rings. The van der Waals surface area contributed by atoms with E-state index in [0.717, 1.165) is 16.5 Å². The number of piperidine rings is 1. The minimum atomic E-state index is -1.44. The van der Waals surface area contributed by atoms with Crippen LogP contribution in [-0.4, -0.2) is 63.0 Å². The molecule has 0 unspecified atom stereocenters. The lowest BCUT2D eigenvalue weighted by Gasteiger charge is -2.37. The van der Waals surface area contributed by atoms with Crippen molar-refractivity contribution in [2.45, 2.75) is 45.1 Å². The molecule has 0 saturated carbocycles. The van der Waals surface area contributed by atoms with Gasteiger partial charge in [0.05, 0.1) is 19.3 Å². The van der Waals surface area contributed by atoms with Gasteiger partial charge in [0.15, 0.2) is 29.2 Å². The number of hydrogen-bond acceptors (Lipinski definition) is 6. The molecule has 0 atom stereocenters. The SMILES string of the molecule is COc1cc(CN(C=O)C(=O)N(c2cc(F)c(OC(CF)CF)cc2C)C2CCNCC2)ccc1OCc1ccc(Cl)cc1Cl. The fraction of sp³-hybridized carbons (Fsp3) is 0.375. The number of benzene rings is 3. The van der Waals surface area contributed by atoms with Gasteiger partial charge in [0.1, 0.15) is 20.0 Å². The van der Waals surface area contributed by atoms with Crippen molar-refractivity contribution >= 4 is 41.3 Å². The van der Waals surface area contributed by atoms with Gasteiger partial charge in [-0.1, -0.05) is 35.3 Å². The van der Waals surface area contributed by atoms with Crippen LogP contribution in [0, 0.1) is 12.7 Å². The molecule has 1 fully saturated rings. The van der Waals surface area contributed by atoms with Crippen molar-refractivity contribution in [3.8, 4) is 17.2 Å². The summed E-state index contributed by atoms with van der Waals surface area (Å²) in [6.07, 6.45) is 0.0928. The van der Waals surface area contributed by atoms with E-state index in [4.69, 9.17) is 37.4 Å². The summed E-state index contributed by atoms with van der Waals surface area (Å²) in [4.78, 5) is 28.7. The van der Waals surface area contributed by atoms with Gasteiger partial charge < -0.3 is 19.5 Å². The van der Waals surface area contributed by atoms with Crippen LogP contribution < -0.4 is 24.4 Å². The largest absolute Gasteiger partial charge is 0.493 e. The summed E-state index contributed by atoms with van der Waals surface area (Å²) in [5.74, 6) is -0.412. The summed E-state index contributed by atoms with van der Waals surface area (Å²) in [7, 11) is 1.47. The van der Waals surface area contributed by atoms with Crippen molar-refractivity contribution in [3.63, 3.8) is 0 Å². The third-order valence-electron chi connectivity index (χ3n) is 7.38. The zero-order chi connectivity index (χ0) is 32.5. The summed E-state index contributed by atoms with van der Waals surface area (Å²) < 4.78 is 57.8. The van der Waals surface area contributed by atoms with Crippen LogP contribution >= 0.6 is 23.2 Å². The number of hydrogen-bond donors (Lipinski definition) is 1. The van der Waals surface area contributed by atoms with E-state index in [0.29, 0.717) is 65.0 Å². The summed E-state index contributed by atoms with van der Waals surface area (Å²) in [5.41, 5.74) is 1.95. The average molecular weight is 669 g/mol. The van der Waals surface area contributed by atoms with Gasteiger partial charge in [-0.3, -0.25) is 14.6 Å². The number of carbonyl (C=O) groups is 2. The van der Waals surface area contributed by atoms with Crippen molar-refractivity contribution in [2.24, 2.45) is 0 Å². The second-order valence-electron chi connectivity index (χ2n) is 10.5. The lowest BCUT2D eigenvalue weighted by atomic mass is 10.0. The van der Waals surface area contributed by atoms with Crippen LogP contribution in [0.15, 0.2) is 48.5 Å². The van der Waals surface area contributed by atoms with Crippen LogP contribution in [0.25, 0.3) is 0 Å². The molecule has 45 heavy (non-hydrogen) atoms. The number of aryl methyl sites for hydroxylation is 1. The van der Waals surface area contributed by atoms with Crippen molar-refractivity contribution in [2.75, 3.05) is 38.4 Å². The molecule has 0 spiro atoms. The predicted octanol–water partition coefficient (Wildman–Crippen LogP) is 7.05. The fourth-order valence-corrected chi connectivity index (χ4v) is 5.47. The third kappa shape index (κ3) is 8.53. The summed E-state index contributed by atoms with van der Waals surface area (Å²) in [5, 5.41) is 4.19. The van der Waals surface area contributed by atoms with Crippen LogP contribution in [0.4, 0.5) is 23.7 Å². The Morgan fingerprint density at radius 2 is 1.78 bits per heavy atom. The number of amides is 3. The third-order valence-corrected chi connectivity index (χ3v) is 7.97. The number of rotatable bonds is 13. The summed E-state index contributed by atoms with van der Waals surface area (Å²) >= 11 is 12.2. The number of nitrogens with zero attached hydrogens (tertiary/aromatic N) is 2. The van der Waals surface area contributed by atoms with E-state index in [1.54, 1.807) is 43.3 Å². The molecule has 8 nitrogen and oxygen atoms in total. The fourth-order valence-electron chi connectivity index (χ4n) is 5.01. The van der Waals surface area contributed by atoms with Crippen molar-refractivity contribution < 1.29 is 37.0 Å². The smallest absolute Gasteiger partial charge is 0.331 e. The predicted molar refractivity (Wildman–Crippen MR) is 167 cm³/mol. The van der Waals surface area contributed by atoms with Crippen LogP contribution in [-0.2, 0) is 17.9 Å². The molecule has 13 heteroatoms. The minimum Gasteiger partial charge on any atom is -0.493 e. The number of halogens is 5. The molecule has 1 saturated heterocycles. The Kier molecular flexibility index (Phi) is 12.2. The normalized spacial score (nSPS) is 13.4. The first kappa shape index (κ1) is 34.2. The Balaban J connectivity index is 1.58. The van der Waals surface area contributed by atoms with Gasteiger partial charge in [-0.15, -0.1) is 0 Å². The topological polar surface area (TPSA) is 80.3 Å². The first-order valence-corrected chi connectivity index (χ1v) is 15.0. The van der Waals surface area contributed by atoms with Gasteiger partial charge in [0.25, 0.3) is 0 Å². The maximum atomic E-state index is 15.2. The van der Waals surface area contributed by atoms with E-state index < -0.39 is 31.3 Å². The monoisotopic (exact) mass is 667 g/mol. The first-order valence-electron chi connectivity index (χ1n) is 14.3. The Hall–Kier alpha value is -3.67. The van der Waals surface area contributed by atoms with Crippen LogP contribution in [0.5, 0.6) is 17.2 Å². The number of methoxy groups -OCH3 is 1. The van der Waals surface area contributed by atoms with E-state index >= 15 is 4.39 Å².